The number of rotatable bonds is 1. The zero-order valence-corrected chi connectivity index (χ0v) is 6.96. The summed E-state index contributed by atoms with van der Waals surface area (Å²) in [6.45, 7) is 1.21. The normalized spacial score (nSPS) is 22.9. The first kappa shape index (κ1) is 7.74. The monoisotopic (exact) mass is 166 g/mol. The minimum absolute atomic E-state index is 0.142. The Balaban J connectivity index is 2.17. The maximum absolute atomic E-state index is 12.6. The van der Waals surface area contributed by atoms with Crippen molar-refractivity contribution in [1.29, 1.82) is 0 Å². The number of hydrogen-bond acceptors (Lipinski definition) is 0. The fraction of sp³-hybridized carbons (Fsp3) is 0.400. The van der Waals surface area contributed by atoms with Gasteiger partial charge >= 0.3 is 0 Å². The number of benzene rings is 1. The summed E-state index contributed by atoms with van der Waals surface area (Å²) in [5, 5.41) is 2.33. The van der Waals surface area contributed by atoms with Crippen LogP contribution in [-0.2, 0) is 0 Å². The van der Waals surface area contributed by atoms with E-state index in [0.29, 0.717) is 6.04 Å². The van der Waals surface area contributed by atoms with Gasteiger partial charge in [-0.05, 0) is 12.1 Å². The van der Waals surface area contributed by atoms with E-state index in [1.807, 2.05) is 12.1 Å². The Kier molecular flexibility index (Phi) is 2.09. The highest BCUT2D eigenvalue weighted by Gasteiger charge is 2.19. The van der Waals surface area contributed by atoms with E-state index < -0.39 is 0 Å². The minimum Gasteiger partial charge on any atom is -0.340 e. The van der Waals surface area contributed by atoms with Gasteiger partial charge in [-0.2, -0.15) is 0 Å². The first-order valence-electron chi connectivity index (χ1n) is 4.45. The van der Waals surface area contributed by atoms with E-state index >= 15 is 0 Å². The Morgan fingerprint density at radius 2 is 2.00 bits per heavy atom. The smallest absolute Gasteiger partial charge is 0.123 e. The second kappa shape index (κ2) is 3.23. The predicted molar refractivity (Wildman–Crippen MR) is 45.2 cm³/mol. The molecule has 0 aromatic heterocycles. The molecule has 2 rings (SSSR count). The molecule has 1 aromatic rings. The van der Waals surface area contributed by atoms with E-state index in [-0.39, 0.29) is 5.82 Å². The van der Waals surface area contributed by atoms with E-state index in [1.165, 1.54) is 24.9 Å². The molecule has 0 spiro atoms. The molecule has 1 saturated heterocycles. The van der Waals surface area contributed by atoms with Crippen molar-refractivity contribution < 1.29 is 9.71 Å². The van der Waals surface area contributed by atoms with Crippen molar-refractivity contribution in [2.24, 2.45) is 0 Å². The van der Waals surface area contributed by atoms with Crippen LogP contribution in [0, 0.1) is 5.82 Å². The van der Waals surface area contributed by atoms with Gasteiger partial charge < -0.3 is 5.32 Å². The van der Waals surface area contributed by atoms with Crippen molar-refractivity contribution in [2.75, 3.05) is 6.54 Å². The lowest BCUT2D eigenvalue weighted by atomic mass is 10.1. The molecular weight excluding hydrogens is 153 g/mol. The summed E-state index contributed by atoms with van der Waals surface area (Å²) in [6.07, 6.45) is 2.51. The van der Waals surface area contributed by atoms with Crippen LogP contribution >= 0.6 is 0 Å². The van der Waals surface area contributed by atoms with Gasteiger partial charge in [0.15, 0.2) is 0 Å². The fourth-order valence-corrected chi connectivity index (χ4v) is 1.79. The van der Waals surface area contributed by atoms with Gasteiger partial charge in [0.25, 0.3) is 0 Å². The van der Waals surface area contributed by atoms with Gasteiger partial charge in [-0.3, -0.25) is 0 Å². The molecule has 1 nitrogen and oxygen atoms in total. The summed E-state index contributed by atoms with van der Waals surface area (Å²) in [7, 11) is 0. The van der Waals surface area contributed by atoms with Crippen molar-refractivity contribution in [2.45, 2.75) is 18.9 Å². The molecule has 12 heavy (non-hydrogen) atoms. The Hall–Kier alpha value is -0.890. The molecule has 1 fully saturated rings. The topological polar surface area (TPSA) is 16.6 Å². The number of quaternary nitrogens is 1. The van der Waals surface area contributed by atoms with Crippen molar-refractivity contribution in [3.63, 3.8) is 0 Å². The third kappa shape index (κ3) is 1.48. The molecule has 64 valence electrons. The van der Waals surface area contributed by atoms with Crippen LogP contribution in [0.25, 0.3) is 0 Å². The average Bonchev–Trinajstić information content (AvgIpc) is 2.58. The van der Waals surface area contributed by atoms with Crippen LogP contribution in [0.4, 0.5) is 4.39 Å². The summed E-state index contributed by atoms with van der Waals surface area (Å²) in [5.74, 6) is -0.142. The number of halogens is 1. The molecule has 1 aliphatic heterocycles. The zero-order chi connectivity index (χ0) is 8.39. The van der Waals surface area contributed by atoms with E-state index in [4.69, 9.17) is 0 Å². The molecule has 1 aromatic carbocycles. The molecule has 2 N–H and O–H groups in total. The maximum Gasteiger partial charge on any atom is 0.123 e. The minimum atomic E-state index is -0.142. The molecule has 0 saturated carbocycles. The van der Waals surface area contributed by atoms with Gasteiger partial charge in [0.1, 0.15) is 11.9 Å². The molecule has 0 bridgehead atoms. The lowest BCUT2D eigenvalue weighted by Gasteiger charge is -2.05. The van der Waals surface area contributed by atoms with Crippen molar-refractivity contribution in [3.8, 4) is 0 Å². The lowest BCUT2D eigenvalue weighted by Crippen LogP contribution is -2.81. The van der Waals surface area contributed by atoms with Gasteiger partial charge in [-0.25, -0.2) is 4.39 Å². The largest absolute Gasteiger partial charge is 0.340 e. The summed E-state index contributed by atoms with van der Waals surface area (Å²) < 4.78 is 12.6. The standard InChI is InChI=1S/C10H12FN/c11-9-5-3-8(4-6-9)10-2-1-7-12-10/h3-6,10,12H,1-2,7H2/p+1/t10-/m0/s1. The molecule has 0 radical (unpaired) electrons. The van der Waals surface area contributed by atoms with E-state index in [1.54, 1.807) is 12.1 Å². The SMILES string of the molecule is Fc1ccc([C@@H]2CCC[NH2+]2)cc1. The van der Waals surface area contributed by atoms with E-state index in [9.17, 15) is 4.39 Å². The van der Waals surface area contributed by atoms with Crippen LogP contribution in [0.1, 0.15) is 24.4 Å². The average molecular weight is 166 g/mol. The van der Waals surface area contributed by atoms with Gasteiger partial charge in [0.05, 0.1) is 6.54 Å². The van der Waals surface area contributed by atoms with Crippen LogP contribution < -0.4 is 5.32 Å². The molecule has 2 heteroatoms. The van der Waals surface area contributed by atoms with Crippen molar-refractivity contribution >= 4 is 0 Å². The highest BCUT2D eigenvalue weighted by molar-refractivity contribution is 5.18. The third-order valence-corrected chi connectivity index (χ3v) is 2.47. The lowest BCUT2D eigenvalue weighted by molar-refractivity contribution is -0.676. The van der Waals surface area contributed by atoms with E-state index in [0.717, 1.165) is 0 Å². The molecule has 0 aliphatic carbocycles. The quantitative estimate of drug-likeness (QED) is 0.646. The van der Waals surface area contributed by atoms with Crippen LogP contribution in [-0.4, -0.2) is 6.54 Å². The molecule has 0 amide bonds. The summed E-state index contributed by atoms with van der Waals surface area (Å²) in [4.78, 5) is 0. The number of nitrogens with two attached hydrogens (primary N) is 1. The highest BCUT2D eigenvalue weighted by atomic mass is 19.1. The highest BCUT2D eigenvalue weighted by Crippen LogP contribution is 2.17. The van der Waals surface area contributed by atoms with Crippen LogP contribution in [0.3, 0.4) is 0 Å². The molecule has 0 unspecified atom stereocenters. The molecular formula is C10H13FN+. The second-order valence-corrected chi connectivity index (χ2v) is 3.32. The fourth-order valence-electron chi connectivity index (χ4n) is 1.79. The van der Waals surface area contributed by atoms with Gasteiger partial charge in [-0.15, -0.1) is 0 Å². The Morgan fingerprint density at radius 1 is 1.25 bits per heavy atom. The summed E-state index contributed by atoms with van der Waals surface area (Å²) >= 11 is 0. The summed E-state index contributed by atoms with van der Waals surface area (Å²) in [5.41, 5.74) is 1.26. The third-order valence-electron chi connectivity index (χ3n) is 2.47. The van der Waals surface area contributed by atoms with Gasteiger partial charge in [-0.1, -0.05) is 12.1 Å². The van der Waals surface area contributed by atoms with Crippen LogP contribution in [0.5, 0.6) is 0 Å². The van der Waals surface area contributed by atoms with Crippen LogP contribution in [0.2, 0.25) is 0 Å². The Morgan fingerprint density at radius 3 is 2.58 bits per heavy atom. The van der Waals surface area contributed by atoms with E-state index in [2.05, 4.69) is 5.32 Å². The summed E-state index contributed by atoms with van der Waals surface area (Å²) in [6, 6.07) is 7.44. The maximum atomic E-state index is 12.6. The second-order valence-electron chi connectivity index (χ2n) is 3.32. The zero-order valence-electron chi connectivity index (χ0n) is 6.96. The first-order valence-corrected chi connectivity index (χ1v) is 4.45. The Labute approximate surface area is 71.6 Å². The van der Waals surface area contributed by atoms with Crippen LogP contribution in [0.15, 0.2) is 24.3 Å². The predicted octanol–water partition coefficient (Wildman–Crippen LogP) is 1.22. The van der Waals surface area contributed by atoms with Gasteiger partial charge in [0.2, 0.25) is 0 Å². The van der Waals surface area contributed by atoms with Gasteiger partial charge in [0, 0.05) is 18.4 Å². The molecule has 1 atom stereocenters. The first-order chi connectivity index (χ1) is 5.86. The molecule has 1 heterocycles. The molecule has 1 aliphatic rings. The number of hydrogen-bond donors (Lipinski definition) is 1. The Bertz CT molecular complexity index is 249. The van der Waals surface area contributed by atoms with Crippen molar-refractivity contribution in [3.05, 3.63) is 35.6 Å². The van der Waals surface area contributed by atoms with Crippen molar-refractivity contribution in [1.82, 2.24) is 0 Å².